The van der Waals surface area contributed by atoms with Crippen LogP contribution in [-0.4, -0.2) is 11.9 Å². The van der Waals surface area contributed by atoms with Crippen LogP contribution in [0.3, 0.4) is 0 Å². The molecule has 1 N–H and O–H groups in total. The van der Waals surface area contributed by atoms with Gasteiger partial charge in [-0.05, 0) is 31.1 Å². The third-order valence-corrected chi connectivity index (χ3v) is 4.14. The van der Waals surface area contributed by atoms with Gasteiger partial charge >= 0.3 is 0 Å². The second-order valence-electron chi connectivity index (χ2n) is 4.32. The van der Waals surface area contributed by atoms with Crippen molar-refractivity contribution >= 4 is 34.9 Å². The molecule has 0 spiro atoms. The minimum absolute atomic E-state index is 0.00132. The van der Waals surface area contributed by atoms with Crippen molar-refractivity contribution in [2.45, 2.75) is 38.1 Å². The largest absolute Gasteiger partial charge is 0.350 e. The molecule has 2 nitrogen and oxygen atoms in total. The number of halogens is 1. The number of hydrogen-bond acceptors (Lipinski definition) is 2. The topological polar surface area (TPSA) is 29.1 Å². The zero-order valence-corrected chi connectivity index (χ0v) is 11.2. The Morgan fingerprint density at radius 3 is 2.76 bits per heavy atom. The minimum atomic E-state index is 0.00132. The van der Waals surface area contributed by atoms with E-state index in [-0.39, 0.29) is 5.91 Å². The fraction of sp³-hybridized carbons (Fsp3) is 0.462. The molecule has 0 radical (unpaired) electrons. The number of carbonyl (C=O) groups is 1. The van der Waals surface area contributed by atoms with Gasteiger partial charge in [0.25, 0.3) is 0 Å². The van der Waals surface area contributed by atoms with Crippen molar-refractivity contribution in [3.05, 3.63) is 27.4 Å². The van der Waals surface area contributed by atoms with Crippen molar-refractivity contribution in [1.29, 1.82) is 0 Å². The normalized spacial score (nSPS) is 17.5. The summed E-state index contributed by atoms with van der Waals surface area (Å²) in [7, 11) is 0. The molecule has 0 unspecified atom stereocenters. The van der Waals surface area contributed by atoms with E-state index >= 15 is 0 Å². The van der Waals surface area contributed by atoms with Gasteiger partial charge in [-0.15, -0.1) is 11.3 Å². The maximum Gasteiger partial charge on any atom is 0.244 e. The van der Waals surface area contributed by atoms with Crippen LogP contribution in [0.2, 0.25) is 4.34 Å². The van der Waals surface area contributed by atoms with Gasteiger partial charge in [0.15, 0.2) is 0 Å². The van der Waals surface area contributed by atoms with Gasteiger partial charge in [0.05, 0.1) is 4.34 Å². The Labute approximate surface area is 111 Å². The maximum atomic E-state index is 11.7. The van der Waals surface area contributed by atoms with Crippen molar-refractivity contribution < 1.29 is 4.79 Å². The van der Waals surface area contributed by atoms with Crippen LogP contribution < -0.4 is 5.32 Å². The van der Waals surface area contributed by atoms with E-state index in [1.165, 1.54) is 30.6 Å². The Kier molecular flexibility index (Phi) is 4.63. The molecule has 0 bridgehead atoms. The van der Waals surface area contributed by atoms with Gasteiger partial charge in [-0.1, -0.05) is 30.9 Å². The van der Waals surface area contributed by atoms with E-state index < -0.39 is 0 Å². The van der Waals surface area contributed by atoms with E-state index in [0.717, 1.165) is 22.1 Å². The van der Waals surface area contributed by atoms with Crippen LogP contribution in [0.5, 0.6) is 0 Å². The molecule has 1 amide bonds. The molecular formula is C13H16ClNOS. The summed E-state index contributed by atoms with van der Waals surface area (Å²) in [5.74, 6) is 0.00132. The van der Waals surface area contributed by atoms with Crippen LogP contribution in [0.15, 0.2) is 18.2 Å². The van der Waals surface area contributed by atoms with Crippen molar-refractivity contribution in [3.63, 3.8) is 0 Å². The first kappa shape index (κ1) is 12.7. The van der Waals surface area contributed by atoms with Crippen LogP contribution in [0.1, 0.15) is 37.0 Å². The Bertz CT molecular complexity index is 407. The lowest BCUT2D eigenvalue weighted by molar-refractivity contribution is -0.117. The molecule has 1 aliphatic carbocycles. The first-order valence-corrected chi connectivity index (χ1v) is 7.17. The van der Waals surface area contributed by atoms with E-state index in [9.17, 15) is 4.79 Å². The summed E-state index contributed by atoms with van der Waals surface area (Å²) in [5.41, 5.74) is 0. The Balaban J connectivity index is 1.82. The average Bonchev–Trinajstić information content (AvgIpc) is 2.74. The molecule has 1 aromatic heterocycles. The predicted molar refractivity (Wildman–Crippen MR) is 73.4 cm³/mol. The van der Waals surface area contributed by atoms with E-state index in [0.29, 0.717) is 6.04 Å². The fourth-order valence-corrected chi connectivity index (χ4v) is 3.04. The van der Waals surface area contributed by atoms with Gasteiger partial charge in [0.2, 0.25) is 5.91 Å². The zero-order chi connectivity index (χ0) is 12.1. The molecule has 92 valence electrons. The minimum Gasteiger partial charge on any atom is -0.350 e. The van der Waals surface area contributed by atoms with Crippen molar-refractivity contribution in [1.82, 2.24) is 5.32 Å². The second-order valence-corrected chi connectivity index (χ2v) is 6.07. The van der Waals surface area contributed by atoms with Crippen molar-refractivity contribution in [2.24, 2.45) is 0 Å². The summed E-state index contributed by atoms with van der Waals surface area (Å²) in [4.78, 5) is 12.7. The highest BCUT2D eigenvalue weighted by Crippen LogP contribution is 2.22. The molecule has 1 aromatic rings. The van der Waals surface area contributed by atoms with Crippen LogP contribution in [0.4, 0.5) is 0 Å². The van der Waals surface area contributed by atoms with Gasteiger partial charge in [-0.3, -0.25) is 4.79 Å². The molecule has 2 rings (SSSR count). The van der Waals surface area contributed by atoms with Gasteiger partial charge in [-0.25, -0.2) is 0 Å². The lowest BCUT2D eigenvalue weighted by Gasteiger charge is -2.21. The molecule has 1 aliphatic rings. The summed E-state index contributed by atoms with van der Waals surface area (Å²) in [5, 5.41) is 3.04. The Hall–Kier alpha value is -0.800. The predicted octanol–water partition coefficient (Wildman–Crippen LogP) is 3.86. The highest BCUT2D eigenvalue weighted by atomic mass is 35.5. The summed E-state index contributed by atoms with van der Waals surface area (Å²) in [6.07, 6.45) is 9.40. The average molecular weight is 270 g/mol. The van der Waals surface area contributed by atoms with Gasteiger partial charge in [-0.2, -0.15) is 0 Å². The monoisotopic (exact) mass is 269 g/mol. The lowest BCUT2D eigenvalue weighted by atomic mass is 9.95. The highest BCUT2D eigenvalue weighted by molar-refractivity contribution is 7.17. The molecule has 1 fully saturated rings. The highest BCUT2D eigenvalue weighted by Gasteiger charge is 2.13. The number of amides is 1. The van der Waals surface area contributed by atoms with Crippen LogP contribution in [0, 0.1) is 0 Å². The van der Waals surface area contributed by atoms with Gasteiger partial charge in [0.1, 0.15) is 0 Å². The van der Waals surface area contributed by atoms with Gasteiger partial charge < -0.3 is 5.32 Å². The molecule has 0 aliphatic heterocycles. The number of nitrogens with one attached hydrogen (secondary N) is 1. The zero-order valence-electron chi connectivity index (χ0n) is 9.62. The van der Waals surface area contributed by atoms with Gasteiger partial charge in [0, 0.05) is 17.0 Å². The summed E-state index contributed by atoms with van der Waals surface area (Å²) in [6.45, 7) is 0. The molecule has 1 heterocycles. The molecule has 4 heteroatoms. The third kappa shape index (κ3) is 4.17. The smallest absolute Gasteiger partial charge is 0.244 e. The third-order valence-electron chi connectivity index (χ3n) is 2.94. The fourth-order valence-electron chi connectivity index (χ4n) is 2.07. The van der Waals surface area contributed by atoms with Crippen LogP contribution in [-0.2, 0) is 4.79 Å². The number of hydrogen-bond donors (Lipinski definition) is 1. The maximum absolute atomic E-state index is 11.7. The quantitative estimate of drug-likeness (QED) is 0.830. The van der Waals surface area contributed by atoms with Crippen molar-refractivity contribution in [2.75, 3.05) is 0 Å². The van der Waals surface area contributed by atoms with E-state index in [2.05, 4.69) is 5.32 Å². The molecule has 1 saturated carbocycles. The SMILES string of the molecule is O=C(/C=C\c1ccc(Cl)s1)NC1CCCCC1. The van der Waals surface area contributed by atoms with Crippen LogP contribution in [0.25, 0.3) is 6.08 Å². The second kappa shape index (κ2) is 6.22. The molecule has 0 saturated heterocycles. The van der Waals surface area contributed by atoms with Crippen molar-refractivity contribution in [3.8, 4) is 0 Å². The Morgan fingerprint density at radius 2 is 2.12 bits per heavy atom. The number of rotatable bonds is 3. The number of carbonyl (C=O) groups excluding carboxylic acids is 1. The van der Waals surface area contributed by atoms with Crippen LogP contribution >= 0.6 is 22.9 Å². The standard InChI is InChI=1S/C13H16ClNOS/c14-12-8-6-11(17-12)7-9-13(16)15-10-4-2-1-3-5-10/h6-10H,1-5H2,(H,15,16)/b9-7-. The molecule has 0 atom stereocenters. The summed E-state index contributed by atoms with van der Waals surface area (Å²) >= 11 is 7.29. The number of thiophene rings is 1. The van der Waals surface area contributed by atoms with E-state index in [4.69, 9.17) is 11.6 Å². The lowest BCUT2D eigenvalue weighted by Crippen LogP contribution is -2.34. The molecular weight excluding hydrogens is 254 g/mol. The van der Waals surface area contributed by atoms with E-state index in [1.54, 1.807) is 6.08 Å². The molecule has 17 heavy (non-hydrogen) atoms. The first-order valence-electron chi connectivity index (χ1n) is 5.98. The summed E-state index contributed by atoms with van der Waals surface area (Å²) in [6, 6.07) is 4.12. The summed E-state index contributed by atoms with van der Waals surface area (Å²) < 4.78 is 0.748. The Morgan fingerprint density at radius 1 is 1.35 bits per heavy atom. The first-order chi connectivity index (χ1) is 8.24. The van der Waals surface area contributed by atoms with E-state index in [1.807, 2.05) is 18.2 Å². The molecule has 0 aromatic carbocycles.